The molecule has 1 aromatic heterocycles. The van der Waals surface area contributed by atoms with Crippen molar-refractivity contribution in [3.05, 3.63) is 23.9 Å². The summed E-state index contributed by atoms with van der Waals surface area (Å²) >= 11 is 0. The van der Waals surface area contributed by atoms with E-state index in [1.165, 1.54) is 12.8 Å². The lowest BCUT2D eigenvalue weighted by Crippen LogP contribution is -2.42. The van der Waals surface area contributed by atoms with Crippen LogP contribution < -0.4 is 5.32 Å². The molecule has 2 heterocycles. The van der Waals surface area contributed by atoms with Gasteiger partial charge in [-0.2, -0.15) is 5.26 Å². The second-order valence-electron chi connectivity index (χ2n) is 7.89. The first kappa shape index (κ1) is 16.6. The Morgan fingerprint density at radius 2 is 2.29 bits per heavy atom. The Balaban J connectivity index is 1.66. The number of nitrogens with zero attached hydrogens (tertiary/aromatic N) is 3. The molecule has 1 saturated heterocycles. The maximum Gasteiger partial charge on any atom is 0.410 e. The van der Waals surface area contributed by atoms with Crippen molar-refractivity contribution in [1.82, 2.24) is 9.88 Å². The predicted octanol–water partition coefficient (Wildman–Crippen LogP) is 3.15. The van der Waals surface area contributed by atoms with E-state index < -0.39 is 5.60 Å². The molecule has 1 aromatic rings. The molecule has 1 amide bonds. The number of amides is 1. The summed E-state index contributed by atoms with van der Waals surface area (Å²) < 4.78 is 5.56. The molecule has 0 radical (unpaired) electrons. The third-order valence-electron chi connectivity index (χ3n) is 4.61. The predicted molar refractivity (Wildman–Crippen MR) is 90.5 cm³/mol. The molecule has 24 heavy (non-hydrogen) atoms. The van der Waals surface area contributed by atoms with Crippen molar-refractivity contribution in [2.45, 2.75) is 51.7 Å². The van der Waals surface area contributed by atoms with Crippen molar-refractivity contribution in [3.8, 4) is 6.07 Å². The van der Waals surface area contributed by atoms with Crippen LogP contribution in [0, 0.1) is 16.7 Å². The number of anilines is 1. The van der Waals surface area contributed by atoms with E-state index in [4.69, 9.17) is 10.00 Å². The van der Waals surface area contributed by atoms with E-state index in [0.717, 1.165) is 13.0 Å². The first-order valence-corrected chi connectivity index (χ1v) is 8.40. The number of nitrogens with one attached hydrogen (secondary N) is 1. The van der Waals surface area contributed by atoms with Gasteiger partial charge in [-0.25, -0.2) is 9.78 Å². The molecule has 0 bridgehead atoms. The summed E-state index contributed by atoms with van der Waals surface area (Å²) in [5, 5.41) is 12.2. The van der Waals surface area contributed by atoms with Gasteiger partial charge in [0, 0.05) is 19.3 Å². The maximum absolute atomic E-state index is 12.5. The van der Waals surface area contributed by atoms with Crippen LogP contribution in [0.25, 0.3) is 0 Å². The van der Waals surface area contributed by atoms with Gasteiger partial charge in [-0.3, -0.25) is 0 Å². The van der Waals surface area contributed by atoms with Crippen LogP contribution in [0.5, 0.6) is 0 Å². The van der Waals surface area contributed by atoms with Crippen LogP contribution in [0.2, 0.25) is 0 Å². The van der Waals surface area contributed by atoms with E-state index in [1.54, 1.807) is 18.3 Å². The fraction of sp³-hybridized carbons (Fsp3) is 0.611. The van der Waals surface area contributed by atoms with Crippen LogP contribution >= 0.6 is 0 Å². The minimum atomic E-state index is -0.489. The smallest absolute Gasteiger partial charge is 0.410 e. The molecular formula is C18H24N4O2. The van der Waals surface area contributed by atoms with E-state index in [9.17, 15) is 4.79 Å². The van der Waals surface area contributed by atoms with E-state index in [1.807, 2.05) is 25.7 Å². The van der Waals surface area contributed by atoms with Gasteiger partial charge in [-0.05, 0) is 57.6 Å². The highest BCUT2D eigenvalue weighted by atomic mass is 16.6. The monoisotopic (exact) mass is 328 g/mol. The summed E-state index contributed by atoms with van der Waals surface area (Å²) in [6, 6.07) is 5.59. The van der Waals surface area contributed by atoms with Crippen molar-refractivity contribution < 1.29 is 9.53 Å². The lowest BCUT2D eigenvalue weighted by atomic mass is 10.0. The molecule has 2 aliphatic rings. The topological polar surface area (TPSA) is 78.2 Å². The molecular weight excluding hydrogens is 304 g/mol. The van der Waals surface area contributed by atoms with Gasteiger partial charge in [-0.1, -0.05) is 0 Å². The summed E-state index contributed by atoms with van der Waals surface area (Å²) in [4.78, 5) is 18.6. The molecule has 1 spiro atoms. The Kier molecular flexibility index (Phi) is 4.12. The molecule has 1 saturated carbocycles. The lowest BCUT2D eigenvalue weighted by molar-refractivity contribution is 0.0228. The summed E-state index contributed by atoms with van der Waals surface area (Å²) in [6.45, 7) is 7.05. The van der Waals surface area contributed by atoms with Crippen molar-refractivity contribution in [2.24, 2.45) is 5.41 Å². The lowest BCUT2D eigenvalue weighted by Gasteiger charge is -2.28. The molecule has 1 aliphatic carbocycles. The summed E-state index contributed by atoms with van der Waals surface area (Å²) in [6.07, 6.45) is 4.74. The second kappa shape index (κ2) is 5.97. The van der Waals surface area contributed by atoms with Crippen molar-refractivity contribution >= 4 is 11.9 Å². The zero-order valence-electron chi connectivity index (χ0n) is 14.5. The van der Waals surface area contributed by atoms with Gasteiger partial charge in [0.25, 0.3) is 0 Å². The van der Waals surface area contributed by atoms with E-state index in [0.29, 0.717) is 23.3 Å². The zero-order chi connectivity index (χ0) is 17.4. The quantitative estimate of drug-likeness (QED) is 0.922. The third-order valence-corrected chi connectivity index (χ3v) is 4.61. The first-order chi connectivity index (χ1) is 11.3. The Morgan fingerprint density at radius 1 is 1.54 bits per heavy atom. The third kappa shape index (κ3) is 3.78. The Bertz CT molecular complexity index is 670. The molecule has 0 aromatic carbocycles. The van der Waals surface area contributed by atoms with Crippen LogP contribution in [-0.4, -0.2) is 40.7 Å². The Hall–Kier alpha value is -2.29. The number of hydrogen-bond donors (Lipinski definition) is 1. The number of carbonyl (C=O) groups is 1. The molecule has 6 heteroatoms. The van der Waals surface area contributed by atoms with E-state index in [2.05, 4.69) is 16.4 Å². The Morgan fingerprint density at radius 3 is 2.92 bits per heavy atom. The van der Waals surface area contributed by atoms with Gasteiger partial charge in [0.15, 0.2) is 0 Å². The summed E-state index contributed by atoms with van der Waals surface area (Å²) in [5.74, 6) is 0.662. The molecule has 1 atom stereocenters. The van der Waals surface area contributed by atoms with Gasteiger partial charge >= 0.3 is 6.09 Å². The minimum absolute atomic E-state index is 0.0925. The maximum atomic E-state index is 12.5. The highest BCUT2D eigenvalue weighted by molar-refractivity contribution is 5.69. The number of aromatic nitrogens is 1. The van der Waals surface area contributed by atoms with Crippen molar-refractivity contribution in [3.63, 3.8) is 0 Å². The summed E-state index contributed by atoms with van der Waals surface area (Å²) in [5.41, 5.74) is 0.379. The minimum Gasteiger partial charge on any atom is -0.444 e. The number of rotatable bonds is 3. The van der Waals surface area contributed by atoms with Crippen LogP contribution in [0.15, 0.2) is 18.3 Å². The average Bonchev–Trinajstić information content (AvgIpc) is 3.16. The van der Waals surface area contributed by atoms with Gasteiger partial charge < -0.3 is 15.0 Å². The number of hydrogen-bond acceptors (Lipinski definition) is 5. The molecule has 2 fully saturated rings. The largest absolute Gasteiger partial charge is 0.444 e. The van der Waals surface area contributed by atoms with Crippen LogP contribution in [0.3, 0.4) is 0 Å². The number of ether oxygens (including phenoxy) is 1. The Labute approximate surface area is 142 Å². The van der Waals surface area contributed by atoms with Crippen molar-refractivity contribution in [2.75, 3.05) is 18.4 Å². The second-order valence-corrected chi connectivity index (χ2v) is 7.89. The molecule has 3 rings (SSSR count). The van der Waals surface area contributed by atoms with Gasteiger partial charge in [-0.15, -0.1) is 0 Å². The number of nitriles is 1. The molecule has 1 N–H and O–H groups in total. The van der Waals surface area contributed by atoms with Crippen molar-refractivity contribution in [1.29, 1.82) is 5.26 Å². The SMILES string of the molecule is CC(C)(C)OC(=O)N1CC2(CC2)C[C@H]1CNc1cc(C#N)ccn1. The van der Waals surface area contributed by atoms with Crippen LogP contribution in [0.1, 0.15) is 45.6 Å². The van der Waals surface area contributed by atoms with E-state index in [-0.39, 0.29) is 12.1 Å². The highest BCUT2D eigenvalue weighted by Gasteiger charge is 2.53. The molecule has 0 unspecified atom stereocenters. The van der Waals surface area contributed by atoms with Gasteiger partial charge in [0.1, 0.15) is 11.4 Å². The zero-order valence-corrected chi connectivity index (χ0v) is 14.5. The highest BCUT2D eigenvalue weighted by Crippen LogP contribution is 2.54. The number of likely N-dealkylation sites (tertiary alicyclic amines) is 1. The molecule has 1 aliphatic heterocycles. The fourth-order valence-electron chi connectivity index (χ4n) is 3.24. The summed E-state index contributed by atoms with van der Waals surface area (Å²) in [7, 11) is 0. The van der Waals surface area contributed by atoms with Gasteiger partial charge in [0.2, 0.25) is 0 Å². The van der Waals surface area contributed by atoms with E-state index >= 15 is 0 Å². The van der Waals surface area contributed by atoms with Crippen LogP contribution in [-0.2, 0) is 4.74 Å². The first-order valence-electron chi connectivity index (χ1n) is 8.40. The average molecular weight is 328 g/mol. The van der Waals surface area contributed by atoms with Crippen LogP contribution in [0.4, 0.5) is 10.6 Å². The molecule has 6 nitrogen and oxygen atoms in total. The number of pyridine rings is 1. The number of carbonyl (C=O) groups excluding carboxylic acids is 1. The standard InChI is InChI=1S/C18H24N4O2/c1-17(2,3)24-16(23)22-12-18(5-6-18)9-14(22)11-21-15-8-13(10-19)4-7-20-15/h4,7-8,14H,5-6,9,11-12H2,1-3H3,(H,20,21)/t14-/m0/s1. The molecule has 128 valence electrons. The normalized spacial score (nSPS) is 21.4. The van der Waals surface area contributed by atoms with Gasteiger partial charge in [0.05, 0.1) is 17.7 Å². The fourth-order valence-corrected chi connectivity index (χ4v) is 3.24.